The molecule has 6 nitrogen and oxygen atoms in total. The summed E-state index contributed by atoms with van der Waals surface area (Å²) >= 11 is 0. The summed E-state index contributed by atoms with van der Waals surface area (Å²) in [4.78, 5) is 12.0. The maximum atomic E-state index is 12.0. The number of carbonyl (C=O) groups is 1. The minimum atomic E-state index is -3.62. The maximum absolute atomic E-state index is 12.0. The number of nitrogens with one attached hydrogen (secondary N) is 1. The molecule has 22 heavy (non-hydrogen) atoms. The van der Waals surface area contributed by atoms with Crippen molar-refractivity contribution in [1.82, 2.24) is 5.32 Å². The Bertz CT molecular complexity index is 663. The lowest BCUT2D eigenvalue weighted by molar-refractivity contribution is 0.0458. The van der Waals surface area contributed by atoms with Crippen LogP contribution in [-0.2, 0) is 25.5 Å². The van der Waals surface area contributed by atoms with E-state index in [0.717, 1.165) is 17.4 Å². The summed E-state index contributed by atoms with van der Waals surface area (Å²) in [6.45, 7) is 5.29. The third-order valence-electron chi connectivity index (χ3n) is 3.15. The third kappa shape index (κ3) is 4.45. The van der Waals surface area contributed by atoms with E-state index < -0.39 is 34.0 Å². The van der Waals surface area contributed by atoms with Gasteiger partial charge >= 0.3 is 6.09 Å². The van der Waals surface area contributed by atoms with Crippen molar-refractivity contribution in [2.24, 2.45) is 0 Å². The smallest absolute Gasteiger partial charge is 0.408 e. The van der Waals surface area contributed by atoms with Gasteiger partial charge < -0.3 is 10.1 Å². The molecule has 1 aromatic rings. The highest BCUT2D eigenvalue weighted by Crippen LogP contribution is 2.34. The van der Waals surface area contributed by atoms with Crippen molar-refractivity contribution in [3.8, 4) is 0 Å². The first-order valence-corrected chi connectivity index (χ1v) is 8.82. The van der Waals surface area contributed by atoms with E-state index in [1.807, 2.05) is 24.3 Å². The van der Waals surface area contributed by atoms with Gasteiger partial charge in [0, 0.05) is 6.42 Å². The third-order valence-corrected chi connectivity index (χ3v) is 3.75. The quantitative estimate of drug-likeness (QED) is 0.860. The van der Waals surface area contributed by atoms with Gasteiger partial charge in [-0.1, -0.05) is 24.3 Å². The molecule has 1 aliphatic carbocycles. The van der Waals surface area contributed by atoms with E-state index in [9.17, 15) is 13.2 Å². The fraction of sp³-hybridized carbons (Fsp3) is 0.533. The fourth-order valence-electron chi connectivity index (χ4n) is 2.48. The number of amides is 1. The second kappa shape index (κ2) is 5.89. The first-order valence-electron chi connectivity index (χ1n) is 7.01. The normalized spacial score (nSPS) is 21.3. The highest BCUT2D eigenvalue weighted by atomic mass is 32.2. The Hall–Kier alpha value is -1.60. The van der Waals surface area contributed by atoms with Crippen molar-refractivity contribution in [2.75, 3.05) is 6.26 Å². The number of hydrogen-bond donors (Lipinski definition) is 1. The molecule has 1 aliphatic rings. The van der Waals surface area contributed by atoms with E-state index >= 15 is 0 Å². The molecule has 0 saturated carbocycles. The van der Waals surface area contributed by atoms with Gasteiger partial charge in [0.15, 0.2) is 0 Å². The molecule has 2 rings (SSSR count). The Morgan fingerprint density at radius 1 is 1.27 bits per heavy atom. The standard InChI is InChI=1S/C15H21NO5S/c1-15(2,3)20-14(17)16-13-11-8-6-5-7-10(11)9-12(13)21-22(4,18)19/h5-8,12-13H,9H2,1-4H3,(H,16,17). The van der Waals surface area contributed by atoms with Gasteiger partial charge in [0.25, 0.3) is 10.1 Å². The van der Waals surface area contributed by atoms with Crippen LogP contribution in [0.4, 0.5) is 4.79 Å². The molecule has 0 aromatic heterocycles. The van der Waals surface area contributed by atoms with Gasteiger partial charge in [0.1, 0.15) is 11.7 Å². The van der Waals surface area contributed by atoms with Gasteiger partial charge in [0.05, 0.1) is 12.3 Å². The van der Waals surface area contributed by atoms with E-state index in [1.54, 1.807) is 20.8 Å². The van der Waals surface area contributed by atoms with Crippen LogP contribution in [0.15, 0.2) is 24.3 Å². The second-order valence-electron chi connectivity index (χ2n) is 6.37. The number of fused-ring (bicyclic) bond motifs is 1. The average Bonchev–Trinajstić information content (AvgIpc) is 2.63. The summed E-state index contributed by atoms with van der Waals surface area (Å²) in [6.07, 6.45) is 0.153. The predicted octanol–water partition coefficient (Wildman–Crippen LogP) is 2.15. The summed E-state index contributed by atoms with van der Waals surface area (Å²) < 4.78 is 33.2. The molecular formula is C15H21NO5S. The Balaban J connectivity index is 2.21. The largest absolute Gasteiger partial charge is 0.444 e. The zero-order valence-electron chi connectivity index (χ0n) is 13.1. The van der Waals surface area contributed by atoms with Crippen molar-refractivity contribution in [1.29, 1.82) is 0 Å². The Morgan fingerprint density at radius 3 is 2.50 bits per heavy atom. The van der Waals surface area contributed by atoms with Gasteiger partial charge in [-0.3, -0.25) is 4.18 Å². The predicted molar refractivity (Wildman–Crippen MR) is 82.0 cm³/mol. The first kappa shape index (κ1) is 16.8. The van der Waals surface area contributed by atoms with Crippen molar-refractivity contribution < 1.29 is 22.1 Å². The molecule has 7 heteroatoms. The van der Waals surface area contributed by atoms with Gasteiger partial charge in [-0.05, 0) is 31.9 Å². The molecule has 1 N–H and O–H groups in total. The van der Waals surface area contributed by atoms with Crippen LogP contribution in [0.2, 0.25) is 0 Å². The van der Waals surface area contributed by atoms with Gasteiger partial charge in [-0.25, -0.2) is 4.79 Å². The second-order valence-corrected chi connectivity index (χ2v) is 7.97. The van der Waals surface area contributed by atoms with Crippen LogP contribution in [-0.4, -0.2) is 32.5 Å². The summed E-state index contributed by atoms with van der Waals surface area (Å²) in [5, 5.41) is 2.71. The van der Waals surface area contributed by atoms with Gasteiger partial charge in [0.2, 0.25) is 0 Å². The highest BCUT2D eigenvalue weighted by Gasteiger charge is 2.37. The van der Waals surface area contributed by atoms with Crippen molar-refractivity contribution in [3.63, 3.8) is 0 Å². The molecule has 0 bridgehead atoms. The number of benzene rings is 1. The number of hydrogen-bond acceptors (Lipinski definition) is 5. The van der Waals surface area contributed by atoms with E-state index in [4.69, 9.17) is 8.92 Å². The summed E-state index contributed by atoms with van der Waals surface area (Å²) in [7, 11) is -3.62. The van der Waals surface area contributed by atoms with Crippen LogP contribution in [0.3, 0.4) is 0 Å². The zero-order chi connectivity index (χ0) is 16.5. The number of alkyl carbamates (subject to hydrolysis) is 1. The molecule has 1 aromatic carbocycles. The minimum absolute atomic E-state index is 0.420. The van der Waals surface area contributed by atoms with Crippen molar-refractivity contribution in [3.05, 3.63) is 35.4 Å². The van der Waals surface area contributed by atoms with Crippen LogP contribution in [0.25, 0.3) is 0 Å². The van der Waals surface area contributed by atoms with E-state index in [1.165, 1.54) is 0 Å². The van der Waals surface area contributed by atoms with Crippen LogP contribution in [0.5, 0.6) is 0 Å². The lowest BCUT2D eigenvalue weighted by atomic mass is 10.1. The lowest BCUT2D eigenvalue weighted by Gasteiger charge is -2.24. The maximum Gasteiger partial charge on any atom is 0.408 e. The van der Waals surface area contributed by atoms with E-state index in [-0.39, 0.29) is 0 Å². The van der Waals surface area contributed by atoms with E-state index in [0.29, 0.717) is 6.42 Å². The Kier molecular flexibility index (Phi) is 4.49. The minimum Gasteiger partial charge on any atom is -0.444 e. The Morgan fingerprint density at radius 2 is 1.91 bits per heavy atom. The number of ether oxygens (including phenoxy) is 1. The van der Waals surface area contributed by atoms with Crippen LogP contribution in [0.1, 0.15) is 37.9 Å². The molecule has 0 fully saturated rings. The monoisotopic (exact) mass is 327 g/mol. The van der Waals surface area contributed by atoms with Crippen molar-refractivity contribution >= 4 is 16.2 Å². The number of rotatable bonds is 3. The average molecular weight is 327 g/mol. The molecule has 122 valence electrons. The molecule has 0 saturated heterocycles. The molecule has 1 amide bonds. The van der Waals surface area contributed by atoms with Crippen LogP contribution in [0, 0.1) is 0 Å². The molecular weight excluding hydrogens is 306 g/mol. The molecule has 0 heterocycles. The molecule has 2 unspecified atom stereocenters. The van der Waals surface area contributed by atoms with Crippen LogP contribution < -0.4 is 5.32 Å². The summed E-state index contributed by atoms with van der Waals surface area (Å²) in [5.41, 5.74) is 1.18. The topological polar surface area (TPSA) is 81.7 Å². The first-order chi connectivity index (χ1) is 10.1. The molecule has 0 aliphatic heterocycles. The molecule has 2 atom stereocenters. The summed E-state index contributed by atoms with van der Waals surface area (Å²) in [6, 6.07) is 6.89. The number of carbonyl (C=O) groups excluding carboxylic acids is 1. The van der Waals surface area contributed by atoms with Crippen molar-refractivity contribution in [2.45, 2.75) is 44.9 Å². The SMILES string of the molecule is CC(C)(C)OC(=O)NC1c2ccccc2CC1OS(C)(=O)=O. The lowest BCUT2D eigenvalue weighted by Crippen LogP contribution is -2.39. The van der Waals surface area contributed by atoms with E-state index in [2.05, 4.69) is 5.32 Å². The fourth-order valence-corrected chi connectivity index (χ4v) is 3.11. The highest BCUT2D eigenvalue weighted by molar-refractivity contribution is 7.86. The van der Waals surface area contributed by atoms with Gasteiger partial charge in [-0.2, -0.15) is 8.42 Å². The van der Waals surface area contributed by atoms with Crippen LogP contribution >= 0.6 is 0 Å². The Labute approximate surface area is 130 Å². The van der Waals surface area contributed by atoms with Gasteiger partial charge in [-0.15, -0.1) is 0 Å². The molecule has 0 radical (unpaired) electrons. The zero-order valence-corrected chi connectivity index (χ0v) is 13.9. The summed E-state index contributed by atoms with van der Waals surface area (Å²) in [5.74, 6) is 0. The molecule has 0 spiro atoms.